The van der Waals surface area contributed by atoms with Crippen molar-refractivity contribution in [3.05, 3.63) is 307 Å². The molecule has 0 unspecified atom stereocenters. The summed E-state index contributed by atoms with van der Waals surface area (Å²) in [4.78, 5) is 40.2. The Kier molecular flexibility index (Phi) is 35.9. The number of aryl methyl sites for hydroxylation is 2. The molecule has 0 radical (unpaired) electrons. The van der Waals surface area contributed by atoms with Gasteiger partial charge in [0.25, 0.3) is 0 Å². The summed E-state index contributed by atoms with van der Waals surface area (Å²) in [7, 11) is 0. The normalized spacial score (nSPS) is 14.7. The number of nitrogens with zero attached hydrogens (tertiary/aromatic N) is 18. The van der Waals surface area contributed by atoms with Gasteiger partial charge in [-0.2, -0.15) is 0 Å². The van der Waals surface area contributed by atoms with Crippen LogP contribution in [-0.2, 0) is 19.6 Å². The molecule has 5 aliphatic rings. The summed E-state index contributed by atoms with van der Waals surface area (Å²) < 4.78 is 20.8. The lowest BCUT2D eigenvalue weighted by molar-refractivity contribution is 0.320. The summed E-state index contributed by atoms with van der Waals surface area (Å²) in [5.74, 6) is 5.24. The van der Waals surface area contributed by atoms with Crippen molar-refractivity contribution in [3.8, 4) is 0 Å². The van der Waals surface area contributed by atoms with Gasteiger partial charge in [-0.05, 0) is 316 Å². The number of rotatable bonds is 20. The lowest BCUT2D eigenvalue weighted by Crippen LogP contribution is -2.15. The van der Waals surface area contributed by atoms with Crippen molar-refractivity contribution in [1.82, 2.24) is 86.0 Å². The Morgan fingerprint density at radius 2 is 0.445 bits per heavy atom. The Balaban J connectivity index is 0.000000118. The van der Waals surface area contributed by atoms with Crippen molar-refractivity contribution in [2.45, 2.75) is 383 Å². The van der Waals surface area contributed by atoms with E-state index in [9.17, 15) is 0 Å². The number of hydrogen-bond donors (Lipinski definition) is 0. The van der Waals surface area contributed by atoms with Gasteiger partial charge in [0.1, 0.15) is 0 Å². The molecule has 0 N–H and O–H groups in total. The minimum Gasteiger partial charge on any atom is -0.331 e. The second kappa shape index (κ2) is 49.3. The van der Waals surface area contributed by atoms with Crippen molar-refractivity contribution < 1.29 is 0 Å². The molecule has 5 aliphatic carbocycles. The quantitative estimate of drug-likeness (QED) is 0.0723. The molecular formula is C128H166N18. The van der Waals surface area contributed by atoms with Gasteiger partial charge in [-0.25, -0.2) is 44.9 Å². The van der Waals surface area contributed by atoms with Crippen LogP contribution in [0.5, 0.6) is 0 Å². The van der Waals surface area contributed by atoms with Crippen LogP contribution in [0.1, 0.15) is 419 Å². The van der Waals surface area contributed by atoms with E-state index >= 15 is 0 Å². The molecule has 24 rings (SSSR count). The van der Waals surface area contributed by atoms with Gasteiger partial charge in [0.15, 0.2) is 0 Å². The summed E-state index contributed by atoms with van der Waals surface area (Å²) in [6.07, 6.45) is 43.1. The van der Waals surface area contributed by atoms with Crippen LogP contribution in [0.2, 0.25) is 0 Å². The number of aromatic nitrogens is 18. The maximum atomic E-state index is 4.56. The van der Waals surface area contributed by atoms with Gasteiger partial charge in [-0.1, -0.05) is 261 Å². The number of imidazole rings is 9. The van der Waals surface area contributed by atoms with E-state index in [4.69, 9.17) is 0 Å². The topological polar surface area (TPSA) is 160 Å². The van der Waals surface area contributed by atoms with E-state index in [1.165, 1.54) is 221 Å². The van der Waals surface area contributed by atoms with Crippen LogP contribution in [0.15, 0.2) is 251 Å². The van der Waals surface area contributed by atoms with E-state index in [2.05, 4.69) is 426 Å². The summed E-state index contributed by atoms with van der Waals surface area (Å²) in [5.41, 5.74) is 35.5. The molecule has 0 atom stereocenters. The van der Waals surface area contributed by atoms with E-state index in [0.717, 1.165) is 81.7 Å². The highest BCUT2D eigenvalue weighted by atomic mass is 15.1. The molecule has 0 spiro atoms. The summed E-state index contributed by atoms with van der Waals surface area (Å²) in [6.45, 7) is 51.8. The smallest absolute Gasteiger partial charge is 0.0961 e. The molecule has 768 valence electrons. The molecule has 0 aliphatic heterocycles. The van der Waals surface area contributed by atoms with Crippen LogP contribution in [0.25, 0.3) is 99.3 Å². The van der Waals surface area contributed by atoms with Crippen LogP contribution in [0.3, 0.4) is 0 Å². The maximum absolute atomic E-state index is 4.56. The van der Waals surface area contributed by atoms with E-state index < -0.39 is 0 Å². The fraction of sp³-hybridized carbons (Fsp3) is 0.461. The highest BCUT2D eigenvalue weighted by molar-refractivity contribution is 5.83. The molecule has 9 heterocycles. The predicted molar refractivity (Wildman–Crippen MR) is 615 cm³/mol. The fourth-order valence-corrected chi connectivity index (χ4v) is 20.9. The molecule has 18 nitrogen and oxygen atoms in total. The molecular weight excluding hydrogens is 1790 g/mol. The lowest BCUT2D eigenvalue weighted by atomic mass is 9.92. The molecule has 5 fully saturated rings. The van der Waals surface area contributed by atoms with Gasteiger partial charge >= 0.3 is 0 Å². The first-order valence-electron chi connectivity index (χ1n) is 55.7. The third-order valence-corrected chi connectivity index (χ3v) is 30.9. The van der Waals surface area contributed by atoms with Crippen molar-refractivity contribution in [2.24, 2.45) is 0 Å². The summed E-state index contributed by atoms with van der Waals surface area (Å²) >= 11 is 0. The monoisotopic (exact) mass is 1960 g/mol. The molecule has 18 heteroatoms. The summed E-state index contributed by atoms with van der Waals surface area (Å²) in [6, 6.07) is 74.0. The minimum atomic E-state index is 0.470. The Labute approximate surface area is 869 Å². The van der Waals surface area contributed by atoms with E-state index in [1.54, 1.807) is 0 Å². The standard InChI is InChI=1S/C17H18N2.C16H22N2.2C15H20N2.C14H18N2.C13H16N2.2C13H18N2.C12H16N2/c1-13(2)15-8-9-16-17(10-15)19(12-18-16)11-14-6-4-3-5-7-14;1-12(2)13-8-9-15-16(10-13)18(11-17-15)14-6-4-3-5-7-14;2*1-11(2)12-7-8-14-15(9-12)17(10-16-14)13-5-3-4-6-13;1-10(2)11-6-7-13-14(8-11)16(9-15-13)12-4-3-5-12;1-9(2)10-3-6-12-13(7-10)15(8-14-12)11-4-5-11;1-9(2)11-5-6-12-13(7-11)15(8-14-12)10(3)4;1-4-7-15-9-14-12-6-5-11(10(2)3)8-13(12)15;1-4-14-8-13-11-6-5-10(9(2)3)7-12(11)14/h3-10,12-13H,11H2,1-2H3;8-12,14H,3-7H2,1-2H3;2*7-11,13H,3-6H2,1-2H3;6-10,12H,3-5H2,1-2H3;3,6-9,11H,4-5H2,1-2H3;5-10H,1-4H3;5-6,8-10H,4,7H2,1-3H3;5-9H,4H2,1-3H3. The zero-order chi connectivity index (χ0) is 103. The lowest BCUT2D eigenvalue weighted by Gasteiger charge is -2.27. The molecule has 0 saturated heterocycles. The second-order valence-electron chi connectivity index (χ2n) is 44.9. The zero-order valence-electron chi connectivity index (χ0n) is 91.9. The molecule has 146 heavy (non-hydrogen) atoms. The highest BCUT2D eigenvalue weighted by Crippen LogP contribution is 2.41. The highest BCUT2D eigenvalue weighted by Gasteiger charge is 2.28. The van der Waals surface area contributed by atoms with Gasteiger partial charge in [0.2, 0.25) is 0 Å². The van der Waals surface area contributed by atoms with Crippen LogP contribution >= 0.6 is 0 Å². The van der Waals surface area contributed by atoms with E-state index in [-0.39, 0.29) is 0 Å². The molecule has 0 bridgehead atoms. The zero-order valence-corrected chi connectivity index (χ0v) is 91.9. The minimum absolute atomic E-state index is 0.470. The average Bonchev–Trinajstić information content (AvgIpc) is 1.60. The molecule has 9 aromatic heterocycles. The van der Waals surface area contributed by atoms with E-state index in [0.29, 0.717) is 83.5 Å². The number of fused-ring (bicyclic) bond motifs is 9. The van der Waals surface area contributed by atoms with Crippen molar-refractivity contribution in [3.63, 3.8) is 0 Å². The molecule has 19 aromatic rings. The van der Waals surface area contributed by atoms with Gasteiger partial charge < -0.3 is 41.1 Å². The largest absolute Gasteiger partial charge is 0.331 e. The fourth-order valence-electron chi connectivity index (χ4n) is 20.9. The summed E-state index contributed by atoms with van der Waals surface area (Å²) in [5, 5.41) is 0. The Morgan fingerprint density at radius 3 is 0.712 bits per heavy atom. The molecule has 0 amide bonds. The third-order valence-electron chi connectivity index (χ3n) is 30.9. The average molecular weight is 1960 g/mol. The van der Waals surface area contributed by atoms with Crippen molar-refractivity contribution in [1.29, 1.82) is 0 Å². The first kappa shape index (κ1) is 106. The Bertz CT molecular complexity index is 7190. The van der Waals surface area contributed by atoms with Crippen LogP contribution in [-0.4, -0.2) is 86.0 Å². The van der Waals surface area contributed by atoms with Gasteiger partial charge in [-0.3, -0.25) is 0 Å². The first-order chi connectivity index (χ1) is 70.5. The maximum Gasteiger partial charge on any atom is 0.0961 e. The van der Waals surface area contributed by atoms with Gasteiger partial charge in [0, 0.05) is 55.9 Å². The third kappa shape index (κ3) is 26.0. The first-order valence-corrected chi connectivity index (χ1v) is 55.7. The van der Waals surface area contributed by atoms with Gasteiger partial charge in [0.05, 0.1) is 156 Å². The number of benzene rings is 10. The van der Waals surface area contributed by atoms with E-state index in [1.807, 2.05) is 63.0 Å². The SMILES string of the molecule is CC(C)c1ccc2ncn(C(C)C)c2c1.CC(C)c1ccc2ncn(C3CC3)c2c1.CC(C)c1ccc2ncn(C3CCC3)c2c1.CC(C)c1ccc2ncn(C3CCCC3)c2c1.CC(C)c1ccc2ncn(C3CCCC3)c2c1.CC(C)c1ccc2ncn(C3CCCCC3)c2c1.CC(C)c1ccc2ncn(Cc3ccccc3)c2c1.CCCn1cnc2ccc(C(C)C)cc21.CCn1cnc2ccc(C(C)C)cc21. The van der Waals surface area contributed by atoms with Crippen molar-refractivity contribution in [2.75, 3.05) is 0 Å². The Morgan fingerprint density at radius 1 is 0.219 bits per heavy atom. The Hall–Kier alpha value is -12.6. The molecule has 10 aromatic carbocycles. The number of hydrogen-bond acceptors (Lipinski definition) is 9. The molecule has 5 saturated carbocycles. The van der Waals surface area contributed by atoms with Crippen LogP contribution in [0, 0.1) is 0 Å². The van der Waals surface area contributed by atoms with Crippen LogP contribution < -0.4 is 0 Å². The van der Waals surface area contributed by atoms with Crippen molar-refractivity contribution >= 4 is 99.3 Å². The van der Waals surface area contributed by atoms with Crippen LogP contribution in [0.4, 0.5) is 0 Å². The predicted octanol–water partition coefficient (Wildman–Crippen LogP) is 35.3. The second-order valence-corrected chi connectivity index (χ2v) is 44.9. The van der Waals surface area contributed by atoms with Gasteiger partial charge in [-0.15, -0.1) is 0 Å².